The lowest BCUT2D eigenvalue weighted by molar-refractivity contribution is 0.0507. The third-order valence-corrected chi connectivity index (χ3v) is 5.37. The van der Waals surface area contributed by atoms with Crippen LogP contribution >= 0.6 is 24.0 Å². The summed E-state index contributed by atoms with van der Waals surface area (Å²) in [6, 6.07) is 9.47. The Hall–Kier alpha value is -1.36. The number of halogens is 1. The zero-order valence-electron chi connectivity index (χ0n) is 16.9. The molecule has 1 amide bonds. The first-order chi connectivity index (χ1) is 12.8. The van der Waals surface area contributed by atoms with Crippen LogP contribution in [0.25, 0.3) is 0 Å². The van der Waals surface area contributed by atoms with Gasteiger partial charge in [0.05, 0.1) is 16.8 Å². The summed E-state index contributed by atoms with van der Waals surface area (Å²) in [5.74, 6) is 1.27. The molecular weight excluding hydrogens is 491 g/mol. The Morgan fingerprint density at radius 3 is 2.61 bits per heavy atom. The number of rotatable bonds is 5. The fraction of sp³-hybridized carbons (Fsp3) is 0.579. The molecule has 2 atom stereocenters. The van der Waals surface area contributed by atoms with Crippen molar-refractivity contribution in [2.24, 2.45) is 4.99 Å². The maximum Gasteiger partial charge on any atom is 0.407 e. The molecule has 1 fully saturated rings. The summed E-state index contributed by atoms with van der Waals surface area (Å²) in [6.07, 6.45) is 0.436. The van der Waals surface area contributed by atoms with E-state index in [1.165, 1.54) is 0 Å². The Balaban J connectivity index is 0.00000392. The fourth-order valence-corrected chi connectivity index (χ4v) is 3.81. The lowest BCUT2D eigenvalue weighted by Crippen LogP contribution is -2.44. The molecule has 7 nitrogen and oxygen atoms in total. The number of benzene rings is 1. The number of amides is 1. The Labute approximate surface area is 187 Å². The Morgan fingerprint density at radius 2 is 2.00 bits per heavy atom. The normalized spacial score (nSPS) is 18.2. The van der Waals surface area contributed by atoms with E-state index in [2.05, 4.69) is 20.5 Å². The van der Waals surface area contributed by atoms with E-state index >= 15 is 0 Å². The highest BCUT2D eigenvalue weighted by atomic mass is 127. The van der Waals surface area contributed by atoms with Crippen molar-refractivity contribution in [3.63, 3.8) is 0 Å². The van der Waals surface area contributed by atoms with Gasteiger partial charge in [0.2, 0.25) is 0 Å². The first-order valence-corrected chi connectivity index (χ1v) is 10.5. The largest absolute Gasteiger partial charge is 0.444 e. The van der Waals surface area contributed by atoms with Crippen LogP contribution in [0, 0.1) is 0 Å². The number of nitrogens with zero attached hydrogens (tertiary/aromatic N) is 2. The molecule has 0 aromatic heterocycles. The maximum absolute atomic E-state index is 12.3. The van der Waals surface area contributed by atoms with Gasteiger partial charge in [-0.15, -0.1) is 24.0 Å². The highest BCUT2D eigenvalue weighted by Crippen LogP contribution is 2.12. The van der Waals surface area contributed by atoms with E-state index in [0.717, 1.165) is 23.8 Å². The molecule has 0 spiro atoms. The van der Waals surface area contributed by atoms with Crippen molar-refractivity contribution in [3.05, 3.63) is 30.3 Å². The number of hydrogen-bond acceptors (Lipinski definition) is 4. The van der Waals surface area contributed by atoms with Crippen LogP contribution in [0.3, 0.4) is 0 Å². The number of ether oxygens (including phenoxy) is 1. The molecule has 0 bridgehead atoms. The minimum atomic E-state index is -1.04. The molecule has 158 valence electrons. The van der Waals surface area contributed by atoms with Crippen LogP contribution in [0.15, 0.2) is 40.2 Å². The number of alkyl carbamates (subject to hydrolysis) is 1. The van der Waals surface area contributed by atoms with Crippen molar-refractivity contribution in [3.8, 4) is 0 Å². The van der Waals surface area contributed by atoms with Crippen molar-refractivity contribution in [2.45, 2.75) is 43.7 Å². The third kappa shape index (κ3) is 8.34. The smallest absolute Gasteiger partial charge is 0.407 e. The molecule has 1 aliphatic rings. The van der Waals surface area contributed by atoms with Gasteiger partial charge >= 0.3 is 6.09 Å². The molecule has 1 saturated heterocycles. The van der Waals surface area contributed by atoms with Crippen LogP contribution in [0.1, 0.15) is 27.2 Å². The lowest BCUT2D eigenvalue weighted by atomic mass is 10.2. The second kappa shape index (κ2) is 11.6. The quantitative estimate of drug-likeness (QED) is 0.353. The van der Waals surface area contributed by atoms with E-state index in [1.54, 1.807) is 7.05 Å². The Bertz CT molecular complexity index is 680. The van der Waals surface area contributed by atoms with E-state index in [0.29, 0.717) is 18.8 Å². The summed E-state index contributed by atoms with van der Waals surface area (Å²) in [4.78, 5) is 19.1. The molecular formula is C19H31IN4O3S. The molecule has 1 aliphatic heterocycles. The van der Waals surface area contributed by atoms with Crippen molar-refractivity contribution in [1.82, 2.24) is 15.5 Å². The van der Waals surface area contributed by atoms with Gasteiger partial charge in [-0.25, -0.2) is 4.79 Å². The summed E-state index contributed by atoms with van der Waals surface area (Å²) in [5.41, 5.74) is -0.506. The van der Waals surface area contributed by atoms with Crippen LogP contribution in [-0.2, 0) is 15.5 Å². The number of carbonyl (C=O) groups excluding carboxylic acids is 1. The first kappa shape index (κ1) is 24.7. The van der Waals surface area contributed by atoms with Gasteiger partial charge in [-0.2, -0.15) is 0 Å². The van der Waals surface area contributed by atoms with Crippen molar-refractivity contribution < 1.29 is 13.7 Å². The average Bonchev–Trinajstić information content (AvgIpc) is 3.05. The number of carbonyl (C=O) groups is 1. The minimum absolute atomic E-state index is 0. The van der Waals surface area contributed by atoms with Crippen LogP contribution in [0.4, 0.5) is 4.79 Å². The van der Waals surface area contributed by atoms with E-state index in [1.807, 2.05) is 51.1 Å². The van der Waals surface area contributed by atoms with E-state index in [4.69, 9.17) is 4.74 Å². The SMILES string of the molecule is CN=C(NCCS(=O)c1ccccc1)N1CCC(NC(=O)OC(C)(C)C)C1.I. The van der Waals surface area contributed by atoms with Crippen molar-refractivity contribution >= 4 is 46.8 Å². The molecule has 0 radical (unpaired) electrons. The van der Waals surface area contributed by atoms with Gasteiger partial charge in [0.25, 0.3) is 0 Å². The number of nitrogens with one attached hydrogen (secondary N) is 2. The molecule has 2 N–H and O–H groups in total. The number of aliphatic imine (C=N–C) groups is 1. The first-order valence-electron chi connectivity index (χ1n) is 9.17. The van der Waals surface area contributed by atoms with Gasteiger partial charge in [0.15, 0.2) is 5.96 Å². The van der Waals surface area contributed by atoms with Crippen molar-refractivity contribution in [1.29, 1.82) is 0 Å². The standard InChI is InChI=1S/C19H30N4O3S.HI/c1-19(2,3)26-18(24)22-15-10-12-23(14-15)17(20-4)21-11-13-27(25)16-8-6-5-7-9-16;/h5-9,15H,10-14H2,1-4H3,(H,20,21)(H,22,24);1H. The molecule has 1 aromatic rings. The molecule has 28 heavy (non-hydrogen) atoms. The molecule has 0 saturated carbocycles. The fourth-order valence-electron chi connectivity index (χ4n) is 2.82. The summed E-state index contributed by atoms with van der Waals surface area (Å²) in [6.45, 7) is 7.56. The van der Waals surface area contributed by atoms with Crippen molar-refractivity contribution in [2.75, 3.05) is 32.4 Å². The Morgan fingerprint density at radius 1 is 1.32 bits per heavy atom. The van der Waals surface area contributed by atoms with Gasteiger partial charge in [0, 0.05) is 37.3 Å². The molecule has 2 rings (SSSR count). The predicted molar refractivity (Wildman–Crippen MR) is 124 cm³/mol. The highest BCUT2D eigenvalue weighted by molar-refractivity contribution is 14.0. The van der Waals surface area contributed by atoms with E-state index in [-0.39, 0.29) is 30.0 Å². The van der Waals surface area contributed by atoms with Gasteiger partial charge in [-0.3, -0.25) is 9.20 Å². The van der Waals surface area contributed by atoms with Crippen LogP contribution < -0.4 is 10.6 Å². The average molecular weight is 522 g/mol. The summed E-state index contributed by atoms with van der Waals surface area (Å²) < 4.78 is 17.6. The molecule has 9 heteroatoms. The molecule has 1 aromatic carbocycles. The van der Waals surface area contributed by atoms with Crippen LogP contribution in [-0.4, -0.2) is 65.2 Å². The van der Waals surface area contributed by atoms with Crippen LogP contribution in [0.2, 0.25) is 0 Å². The van der Waals surface area contributed by atoms with Gasteiger partial charge in [-0.1, -0.05) is 18.2 Å². The molecule has 1 heterocycles. The molecule has 0 aliphatic carbocycles. The second-order valence-electron chi connectivity index (χ2n) is 7.41. The van der Waals surface area contributed by atoms with Gasteiger partial charge < -0.3 is 20.3 Å². The van der Waals surface area contributed by atoms with E-state index < -0.39 is 22.5 Å². The number of guanidine groups is 1. The highest BCUT2D eigenvalue weighted by Gasteiger charge is 2.27. The maximum atomic E-state index is 12.3. The summed E-state index contributed by atoms with van der Waals surface area (Å²) >= 11 is 0. The zero-order valence-corrected chi connectivity index (χ0v) is 20.1. The summed E-state index contributed by atoms with van der Waals surface area (Å²) in [7, 11) is 0.690. The Kier molecular flexibility index (Phi) is 10.2. The number of hydrogen-bond donors (Lipinski definition) is 2. The zero-order chi connectivity index (χ0) is 19.9. The third-order valence-electron chi connectivity index (χ3n) is 4.00. The minimum Gasteiger partial charge on any atom is -0.444 e. The topological polar surface area (TPSA) is 83.0 Å². The van der Waals surface area contributed by atoms with E-state index in [9.17, 15) is 9.00 Å². The summed E-state index contributed by atoms with van der Waals surface area (Å²) in [5, 5.41) is 6.17. The van der Waals surface area contributed by atoms with Gasteiger partial charge in [-0.05, 0) is 39.3 Å². The number of likely N-dealkylation sites (tertiary alicyclic amines) is 1. The second-order valence-corrected chi connectivity index (χ2v) is 8.99. The monoisotopic (exact) mass is 522 g/mol. The van der Waals surface area contributed by atoms with Crippen LogP contribution in [0.5, 0.6) is 0 Å². The molecule has 2 unspecified atom stereocenters. The predicted octanol–water partition coefficient (Wildman–Crippen LogP) is 2.59. The van der Waals surface area contributed by atoms with Gasteiger partial charge in [0.1, 0.15) is 5.60 Å². The lowest BCUT2D eigenvalue weighted by Gasteiger charge is -2.23.